The largest absolute Gasteiger partial charge is 0.339 e. The molecule has 3 aromatic rings. The van der Waals surface area contributed by atoms with E-state index in [9.17, 15) is 4.79 Å². The third-order valence-electron chi connectivity index (χ3n) is 3.79. The molecule has 0 radical (unpaired) electrons. The minimum Gasteiger partial charge on any atom is -0.339 e. The van der Waals surface area contributed by atoms with Gasteiger partial charge < -0.3 is 10.6 Å². The molecular weight excluding hydrogens is 326 g/mol. The van der Waals surface area contributed by atoms with E-state index in [1.54, 1.807) is 24.3 Å². The van der Waals surface area contributed by atoms with Gasteiger partial charge in [-0.25, -0.2) is 9.97 Å². The lowest BCUT2D eigenvalue weighted by atomic mass is 10.1. The molecule has 1 heterocycles. The predicted molar refractivity (Wildman–Crippen MR) is 100 cm³/mol. The number of hydrogen-bond donors (Lipinski definition) is 2. The first-order valence-corrected chi connectivity index (χ1v) is 8.17. The van der Waals surface area contributed by atoms with Gasteiger partial charge >= 0.3 is 0 Å². The van der Waals surface area contributed by atoms with Gasteiger partial charge in [-0.15, -0.1) is 0 Å². The average Bonchev–Trinajstić information content (AvgIpc) is 2.69. The Hall–Kier alpha value is -3.72. The number of hydrogen-bond acceptors (Lipinski definition) is 5. The van der Waals surface area contributed by atoms with Crippen LogP contribution in [-0.4, -0.2) is 15.9 Å². The number of nitriles is 1. The molecule has 128 valence electrons. The molecular formula is C20H17N5O. The monoisotopic (exact) mass is 343 g/mol. The maximum absolute atomic E-state index is 12.2. The summed E-state index contributed by atoms with van der Waals surface area (Å²) in [7, 11) is 0. The number of aromatic nitrogens is 2. The number of carbonyl (C=O) groups is 1. The van der Waals surface area contributed by atoms with Gasteiger partial charge in [-0.05, 0) is 48.4 Å². The Morgan fingerprint density at radius 1 is 1.00 bits per heavy atom. The zero-order valence-electron chi connectivity index (χ0n) is 14.2. The van der Waals surface area contributed by atoms with Crippen molar-refractivity contribution in [2.45, 2.75) is 13.3 Å². The van der Waals surface area contributed by atoms with Crippen LogP contribution < -0.4 is 10.6 Å². The highest BCUT2D eigenvalue weighted by atomic mass is 16.1. The van der Waals surface area contributed by atoms with Crippen LogP contribution in [0.1, 0.15) is 28.5 Å². The van der Waals surface area contributed by atoms with Gasteiger partial charge in [0.2, 0.25) is 0 Å². The highest BCUT2D eigenvalue weighted by molar-refractivity contribution is 6.02. The van der Waals surface area contributed by atoms with Gasteiger partial charge in [0.15, 0.2) is 0 Å². The van der Waals surface area contributed by atoms with Crippen LogP contribution in [0.2, 0.25) is 0 Å². The molecule has 0 unspecified atom stereocenters. The fourth-order valence-corrected chi connectivity index (χ4v) is 2.30. The molecule has 6 heteroatoms. The van der Waals surface area contributed by atoms with Crippen LogP contribution in [0.25, 0.3) is 0 Å². The number of benzene rings is 2. The average molecular weight is 343 g/mol. The lowest BCUT2D eigenvalue weighted by Gasteiger charge is -2.07. The summed E-state index contributed by atoms with van der Waals surface area (Å²) < 4.78 is 0. The van der Waals surface area contributed by atoms with E-state index >= 15 is 0 Å². The summed E-state index contributed by atoms with van der Waals surface area (Å²) in [6.07, 6.45) is 3.86. The standard InChI is InChI=1S/C20H17N5O/c1-2-14-3-7-17(8-4-14)25-20(26)18-12-23-19(13-22-18)24-16-9-5-15(11-21)6-10-16/h3-10,12-13H,2H2,1H3,(H,23,24)(H,25,26). The first-order chi connectivity index (χ1) is 12.7. The van der Waals surface area contributed by atoms with E-state index in [0.717, 1.165) is 12.1 Å². The molecule has 0 saturated carbocycles. The Morgan fingerprint density at radius 3 is 2.27 bits per heavy atom. The summed E-state index contributed by atoms with van der Waals surface area (Å²) in [5, 5.41) is 14.7. The van der Waals surface area contributed by atoms with Crippen molar-refractivity contribution in [3.8, 4) is 6.07 Å². The molecule has 1 aromatic heterocycles. The van der Waals surface area contributed by atoms with Crippen molar-refractivity contribution in [1.29, 1.82) is 5.26 Å². The number of nitrogens with one attached hydrogen (secondary N) is 2. The number of amides is 1. The Bertz CT molecular complexity index is 926. The first kappa shape index (κ1) is 17.1. The predicted octanol–water partition coefficient (Wildman–Crippen LogP) is 3.91. The van der Waals surface area contributed by atoms with Crippen LogP contribution in [0.5, 0.6) is 0 Å². The Kier molecular flexibility index (Phi) is 5.20. The third-order valence-corrected chi connectivity index (χ3v) is 3.79. The fourth-order valence-electron chi connectivity index (χ4n) is 2.30. The molecule has 1 amide bonds. The molecule has 0 aliphatic carbocycles. The lowest BCUT2D eigenvalue weighted by Crippen LogP contribution is -2.14. The van der Waals surface area contributed by atoms with Crippen LogP contribution in [-0.2, 0) is 6.42 Å². The molecule has 2 N–H and O–H groups in total. The van der Waals surface area contributed by atoms with Crippen molar-refractivity contribution in [3.63, 3.8) is 0 Å². The second-order valence-electron chi connectivity index (χ2n) is 5.61. The highest BCUT2D eigenvalue weighted by Crippen LogP contribution is 2.15. The molecule has 2 aromatic carbocycles. The number of aryl methyl sites for hydroxylation is 1. The van der Waals surface area contributed by atoms with Gasteiger partial charge in [-0.3, -0.25) is 4.79 Å². The lowest BCUT2D eigenvalue weighted by molar-refractivity contribution is 0.102. The second-order valence-corrected chi connectivity index (χ2v) is 5.61. The van der Waals surface area contributed by atoms with Crippen LogP contribution in [0.4, 0.5) is 17.2 Å². The van der Waals surface area contributed by atoms with Gasteiger partial charge in [0, 0.05) is 11.4 Å². The zero-order chi connectivity index (χ0) is 18.4. The van der Waals surface area contributed by atoms with Gasteiger partial charge in [0.1, 0.15) is 11.5 Å². The Labute approximate surface area is 151 Å². The summed E-state index contributed by atoms with van der Waals surface area (Å²) in [6, 6.07) is 16.7. The van der Waals surface area contributed by atoms with Gasteiger partial charge in [-0.1, -0.05) is 19.1 Å². The van der Waals surface area contributed by atoms with Crippen molar-refractivity contribution in [2.24, 2.45) is 0 Å². The van der Waals surface area contributed by atoms with Crippen molar-refractivity contribution in [1.82, 2.24) is 9.97 Å². The maximum Gasteiger partial charge on any atom is 0.275 e. The molecule has 0 aliphatic rings. The van der Waals surface area contributed by atoms with Gasteiger partial charge in [-0.2, -0.15) is 5.26 Å². The number of rotatable bonds is 5. The quantitative estimate of drug-likeness (QED) is 0.733. The molecule has 0 bridgehead atoms. The van der Waals surface area contributed by atoms with Gasteiger partial charge in [0.05, 0.1) is 24.0 Å². The van der Waals surface area contributed by atoms with Gasteiger partial charge in [0.25, 0.3) is 5.91 Å². The van der Waals surface area contributed by atoms with Crippen LogP contribution in [0, 0.1) is 11.3 Å². The van der Waals surface area contributed by atoms with E-state index in [0.29, 0.717) is 17.1 Å². The highest BCUT2D eigenvalue weighted by Gasteiger charge is 2.08. The summed E-state index contributed by atoms with van der Waals surface area (Å²) >= 11 is 0. The van der Waals surface area contributed by atoms with E-state index < -0.39 is 0 Å². The van der Waals surface area contributed by atoms with E-state index in [1.165, 1.54) is 18.0 Å². The normalized spacial score (nSPS) is 10.0. The molecule has 0 fully saturated rings. The number of nitrogens with zero attached hydrogens (tertiary/aromatic N) is 3. The second kappa shape index (κ2) is 7.90. The number of carbonyl (C=O) groups excluding carboxylic acids is 1. The number of anilines is 3. The van der Waals surface area contributed by atoms with Crippen molar-refractivity contribution in [3.05, 3.63) is 77.7 Å². The molecule has 0 saturated heterocycles. The molecule has 26 heavy (non-hydrogen) atoms. The van der Waals surface area contributed by atoms with Crippen LogP contribution >= 0.6 is 0 Å². The Morgan fingerprint density at radius 2 is 1.69 bits per heavy atom. The van der Waals surface area contributed by atoms with E-state index in [1.807, 2.05) is 24.3 Å². The van der Waals surface area contributed by atoms with Crippen molar-refractivity contribution in [2.75, 3.05) is 10.6 Å². The smallest absolute Gasteiger partial charge is 0.275 e. The summed E-state index contributed by atoms with van der Waals surface area (Å²) in [5.41, 5.74) is 3.52. The van der Waals surface area contributed by atoms with Crippen molar-refractivity contribution < 1.29 is 4.79 Å². The minimum atomic E-state index is -0.313. The molecule has 6 nitrogen and oxygen atoms in total. The van der Waals surface area contributed by atoms with E-state index in [4.69, 9.17) is 5.26 Å². The summed E-state index contributed by atoms with van der Waals surface area (Å²) in [6.45, 7) is 2.08. The first-order valence-electron chi connectivity index (χ1n) is 8.17. The fraction of sp³-hybridized carbons (Fsp3) is 0.100. The maximum atomic E-state index is 12.2. The zero-order valence-corrected chi connectivity index (χ0v) is 14.2. The Balaban J connectivity index is 1.64. The summed E-state index contributed by atoms with van der Waals surface area (Å²) in [4.78, 5) is 20.6. The van der Waals surface area contributed by atoms with Crippen LogP contribution in [0.15, 0.2) is 60.9 Å². The molecule has 0 spiro atoms. The van der Waals surface area contributed by atoms with E-state index in [2.05, 4.69) is 33.6 Å². The van der Waals surface area contributed by atoms with Crippen molar-refractivity contribution >= 4 is 23.1 Å². The molecule has 0 atom stereocenters. The third kappa shape index (κ3) is 4.22. The minimum absolute atomic E-state index is 0.231. The van der Waals surface area contributed by atoms with E-state index in [-0.39, 0.29) is 11.6 Å². The van der Waals surface area contributed by atoms with Crippen LogP contribution in [0.3, 0.4) is 0 Å². The topological polar surface area (TPSA) is 90.7 Å². The summed E-state index contributed by atoms with van der Waals surface area (Å²) in [5.74, 6) is 0.199. The molecule has 0 aliphatic heterocycles. The SMILES string of the molecule is CCc1ccc(NC(=O)c2cnc(Nc3ccc(C#N)cc3)cn2)cc1. The molecule has 3 rings (SSSR count).